The van der Waals surface area contributed by atoms with E-state index in [0.29, 0.717) is 31.6 Å². The highest BCUT2D eigenvalue weighted by molar-refractivity contribution is 7.13. The standard InChI is InChI=1S/C19H17F2N5O3S2/c20-11-2-1-3-12(21)15(11)17-25-14(9-30-17)16(27)24-13-8-22-31-18(13)26-6-4-10(5-7-26)23-19(28)29/h1-3,8-10,23H,4-7H2,(H,24,27)(H,28,29). The summed E-state index contributed by atoms with van der Waals surface area (Å²) in [5.41, 5.74) is 0.290. The van der Waals surface area contributed by atoms with E-state index in [0.717, 1.165) is 28.5 Å². The molecule has 3 N–H and O–H groups in total. The summed E-state index contributed by atoms with van der Waals surface area (Å²) in [5.74, 6) is -2.00. The molecule has 0 aliphatic carbocycles. The van der Waals surface area contributed by atoms with Gasteiger partial charge in [-0.25, -0.2) is 18.6 Å². The molecular formula is C19H17F2N5O3S2. The molecule has 4 rings (SSSR count). The molecule has 12 heteroatoms. The third-order valence-corrected chi connectivity index (χ3v) is 6.54. The van der Waals surface area contributed by atoms with Gasteiger partial charge in [0.2, 0.25) is 0 Å². The predicted octanol–water partition coefficient (Wildman–Crippen LogP) is 4.03. The van der Waals surface area contributed by atoms with Crippen LogP contribution >= 0.6 is 22.9 Å². The third kappa shape index (κ3) is 4.64. The number of amides is 2. The highest BCUT2D eigenvalue weighted by Crippen LogP contribution is 2.33. The molecule has 0 spiro atoms. The summed E-state index contributed by atoms with van der Waals surface area (Å²) in [6, 6.07) is 3.43. The van der Waals surface area contributed by atoms with Crippen molar-refractivity contribution in [3.63, 3.8) is 0 Å². The molecule has 3 heterocycles. The van der Waals surface area contributed by atoms with E-state index in [1.807, 2.05) is 4.90 Å². The summed E-state index contributed by atoms with van der Waals surface area (Å²) in [7, 11) is 0. The van der Waals surface area contributed by atoms with Crippen molar-refractivity contribution in [2.45, 2.75) is 18.9 Å². The van der Waals surface area contributed by atoms with E-state index >= 15 is 0 Å². The van der Waals surface area contributed by atoms with Crippen molar-refractivity contribution in [2.75, 3.05) is 23.3 Å². The lowest BCUT2D eigenvalue weighted by Gasteiger charge is -2.32. The van der Waals surface area contributed by atoms with E-state index in [-0.39, 0.29) is 22.3 Å². The summed E-state index contributed by atoms with van der Waals surface area (Å²) in [6.45, 7) is 1.23. The normalized spacial score (nSPS) is 14.5. The maximum absolute atomic E-state index is 14.0. The van der Waals surface area contributed by atoms with E-state index < -0.39 is 23.6 Å². The van der Waals surface area contributed by atoms with E-state index in [4.69, 9.17) is 5.11 Å². The van der Waals surface area contributed by atoms with Crippen LogP contribution in [0.2, 0.25) is 0 Å². The Balaban J connectivity index is 1.45. The zero-order chi connectivity index (χ0) is 22.0. The molecule has 0 bridgehead atoms. The van der Waals surface area contributed by atoms with Gasteiger partial charge in [-0.1, -0.05) is 6.07 Å². The fourth-order valence-electron chi connectivity index (χ4n) is 3.33. The molecule has 1 aliphatic rings. The number of anilines is 2. The van der Waals surface area contributed by atoms with E-state index in [9.17, 15) is 18.4 Å². The maximum atomic E-state index is 14.0. The SMILES string of the molecule is O=C(O)NC1CCN(c2sncc2NC(=O)c2csc(-c3c(F)cccc3F)n2)CC1. The lowest BCUT2D eigenvalue weighted by molar-refractivity contribution is 0.102. The van der Waals surface area contributed by atoms with Crippen LogP contribution in [0.25, 0.3) is 10.6 Å². The Bertz CT molecular complexity index is 1090. The Morgan fingerprint density at radius 3 is 2.58 bits per heavy atom. The number of carbonyl (C=O) groups excluding carboxylic acids is 1. The Labute approximate surface area is 183 Å². The number of nitrogens with one attached hydrogen (secondary N) is 2. The monoisotopic (exact) mass is 465 g/mol. The van der Waals surface area contributed by atoms with Gasteiger partial charge in [-0.3, -0.25) is 4.79 Å². The molecule has 1 aromatic carbocycles. The number of rotatable bonds is 5. The predicted molar refractivity (Wildman–Crippen MR) is 114 cm³/mol. The summed E-state index contributed by atoms with van der Waals surface area (Å²) < 4.78 is 32.1. The minimum atomic E-state index is -1.04. The molecule has 31 heavy (non-hydrogen) atoms. The molecule has 0 unspecified atom stereocenters. The first-order valence-electron chi connectivity index (χ1n) is 9.32. The van der Waals surface area contributed by atoms with E-state index in [1.54, 1.807) is 0 Å². The van der Waals surface area contributed by atoms with Crippen LogP contribution in [0.5, 0.6) is 0 Å². The lowest BCUT2D eigenvalue weighted by atomic mass is 10.1. The first-order valence-corrected chi connectivity index (χ1v) is 11.0. The van der Waals surface area contributed by atoms with Gasteiger partial charge < -0.3 is 20.6 Å². The molecule has 0 saturated carbocycles. The largest absolute Gasteiger partial charge is 0.465 e. The number of hydrogen-bond acceptors (Lipinski definition) is 7. The van der Waals surface area contributed by atoms with Crippen LogP contribution in [0.15, 0.2) is 29.8 Å². The summed E-state index contributed by atoms with van der Waals surface area (Å²) >= 11 is 2.20. The molecule has 0 atom stereocenters. The van der Waals surface area contributed by atoms with Crippen molar-refractivity contribution in [2.24, 2.45) is 0 Å². The fourth-order valence-corrected chi connectivity index (χ4v) is 4.94. The van der Waals surface area contributed by atoms with Crippen molar-refractivity contribution >= 4 is 45.6 Å². The average molecular weight is 466 g/mol. The number of carboxylic acid groups (broad SMARTS) is 1. The number of thiazole rings is 1. The lowest BCUT2D eigenvalue weighted by Crippen LogP contribution is -2.44. The second-order valence-electron chi connectivity index (χ2n) is 6.84. The van der Waals surface area contributed by atoms with Crippen LogP contribution in [0.4, 0.5) is 24.3 Å². The Kier molecular flexibility index (Phi) is 6.09. The van der Waals surface area contributed by atoms with Gasteiger partial charge in [-0.2, -0.15) is 4.37 Å². The summed E-state index contributed by atoms with van der Waals surface area (Å²) in [4.78, 5) is 29.6. The van der Waals surface area contributed by atoms with Crippen molar-refractivity contribution in [3.8, 4) is 10.6 Å². The molecular weight excluding hydrogens is 448 g/mol. The number of halogens is 2. The van der Waals surface area contributed by atoms with Crippen molar-refractivity contribution in [1.29, 1.82) is 0 Å². The van der Waals surface area contributed by atoms with E-state index in [1.165, 1.54) is 29.2 Å². The fraction of sp³-hybridized carbons (Fsp3) is 0.263. The van der Waals surface area contributed by atoms with Gasteiger partial charge in [0.1, 0.15) is 27.3 Å². The number of nitrogens with zero attached hydrogens (tertiary/aromatic N) is 3. The van der Waals surface area contributed by atoms with Crippen LogP contribution in [-0.2, 0) is 0 Å². The molecule has 2 aromatic heterocycles. The number of piperidine rings is 1. The van der Waals surface area contributed by atoms with Crippen molar-refractivity contribution in [3.05, 3.63) is 47.1 Å². The number of benzene rings is 1. The van der Waals surface area contributed by atoms with Crippen LogP contribution in [0.3, 0.4) is 0 Å². The van der Waals surface area contributed by atoms with Crippen LogP contribution < -0.4 is 15.5 Å². The zero-order valence-electron chi connectivity index (χ0n) is 16.0. The molecule has 1 saturated heterocycles. The first kappa shape index (κ1) is 21.1. The Morgan fingerprint density at radius 1 is 1.19 bits per heavy atom. The molecule has 162 valence electrons. The molecule has 8 nitrogen and oxygen atoms in total. The average Bonchev–Trinajstić information content (AvgIpc) is 3.38. The van der Waals surface area contributed by atoms with Crippen LogP contribution in [0, 0.1) is 11.6 Å². The Hall–Kier alpha value is -3.12. The van der Waals surface area contributed by atoms with Gasteiger partial charge in [0.05, 0.1) is 17.4 Å². The smallest absolute Gasteiger partial charge is 0.404 e. The number of carbonyl (C=O) groups is 2. The molecule has 2 amide bonds. The minimum absolute atomic E-state index is 0.0455. The van der Waals surface area contributed by atoms with E-state index in [2.05, 4.69) is 20.0 Å². The van der Waals surface area contributed by atoms with Gasteiger partial charge in [-0.15, -0.1) is 11.3 Å². The van der Waals surface area contributed by atoms with Gasteiger partial charge in [-0.05, 0) is 36.5 Å². The highest BCUT2D eigenvalue weighted by atomic mass is 32.1. The molecule has 1 fully saturated rings. The Morgan fingerprint density at radius 2 is 1.90 bits per heavy atom. The quantitative estimate of drug-likeness (QED) is 0.525. The highest BCUT2D eigenvalue weighted by Gasteiger charge is 2.25. The topological polar surface area (TPSA) is 107 Å². The van der Waals surface area contributed by atoms with Gasteiger partial charge in [0.15, 0.2) is 0 Å². The third-order valence-electron chi connectivity index (χ3n) is 4.82. The maximum Gasteiger partial charge on any atom is 0.404 e. The summed E-state index contributed by atoms with van der Waals surface area (Å²) in [5, 5.41) is 16.4. The molecule has 1 aliphatic heterocycles. The van der Waals surface area contributed by atoms with Gasteiger partial charge in [0, 0.05) is 24.5 Å². The van der Waals surface area contributed by atoms with Crippen LogP contribution in [-0.4, -0.2) is 45.6 Å². The summed E-state index contributed by atoms with van der Waals surface area (Å²) in [6.07, 6.45) is 1.77. The second kappa shape index (κ2) is 8.94. The second-order valence-corrected chi connectivity index (χ2v) is 8.48. The van der Waals surface area contributed by atoms with Crippen molar-refractivity contribution in [1.82, 2.24) is 14.7 Å². The minimum Gasteiger partial charge on any atom is -0.465 e. The zero-order valence-corrected chi connectivity index (χ0v) is 17.6. The van der Waals surface area contributed by atoms with Crippen molar-refractivity contribution < 1.29 is 23.5 Å². The van der Waals surface area contributed by atoms with Gasteiger partial charge >= 0.3 is 6.09 Å². The van der Waals surface area contributed by atoms with Crippen LogP contribution in [0.1, 0.15) is 23.3 Å². The number of hydrogen-bond donors (Lipinski definition) is 3. The molecule has 3 aromatic rings. The molecule has 0 radical (unpaired) electrons. The van der Waals surface area contributed by atoms with Gasteiger partial charge in [0.25, 0.3) is 5.91 Å². The number of aromatic nitrogens is 2. The first-order chi connectivity index (χ1) is 14.9.